The number of hydrogen-bond acceptors (Lipinski definition) is 7. The molecule has 1 amide bonds. The standard InChI is InChI=1S/C24H26N4O5S/c1-16-14-23(26-17(2)25-16)28-34(30,31)22-11-7-19(8-12-22)27-24(29)18-5-9-20(10-6-18)33-15-21-4-3-13-32-21/h5-12,14,21H,3-4,13,15H2,1-2H3,(H,27,29)(H,25,26,28). The highest BCUT2D eigenvalue weighted by molar-refractivity contribution is 7.92. The van der Waals surface area contributed by atoms with Crippen molar-refractivity contribution in [3.05, 3.63) is 71.7 Å². The molecule has 1 aliphatic heterocycles. The van der Waals surface area contributed by atoms with Gasteiger partial charge in [-0.3, -0.25) is 9.52 Å². The van der Waals surface area contributed by atoms with Crippen molar-refractivity contribution in [1.29, 1.82) is 0 Å². The summed E-state index contributed by atoms with van der Waals surface area (Å²) in [5.41, 5.74) is 1.58. The lowest BCUT2D eigenvalue weighted by Gasteiger charge is -2.12. The molecule has 1 atom stereocenters. The van der Waals surface area contributed by atoms with Crippen molar-refractivity contribution >= 4 is 27.4 Å². The highest BCUT2D eigenvalue weighted by atomic mass is 32.2. The number of carbonyl (C=O) groups excluding carboxylic acids is 1. The van der Waals surface area contributed by atoms with Crippen LogP contribution in [0.5, 0.6) is 5.75 Å². The van der Waals surface area contributed by atoms with Crippen molar-refractivity contribution < 1.29 is 22.7 Å². The van der Waals surface area contributed by atoms with Crippen LogP contribution in [0.3, 0.4) is 0 Å². The van der Waals surface area contributed by atoms with Gasteiger partial charge in [0.05, 0.1) is 11.0 Å². The Morgan fingerprint density at radius 2 is 1.82 bits per heavy atom. The average Bonchev–Trinajstić information content (AvgIpc) is 3.31. The van der Waals surface area contributed by atoms with Crippen LogP contribution < -0.4 is 14.8 Å². The van der Waals surface area contributed by atoms with E-state index in [-0.39, 0.29) is 22.7 Å². The Balaban J connectivity index is 1.35. The van der Waals surface area contributed by atoms with Crippen molar-refractivity contribution in [1.82, 2.24) is 9.97 Å². The predicted octanol–water partition coefficient (Wildman–Crippen LogP) is 3.70. The van der Waals surface area contributed by atoms with E-state index in [1.807, 2.05) is 0 Å². The van der Waals surface area contributed by atoms with Crippen LogP contribution in [-0.2, 0) is 14.8 Å². The third kappa shape index (κ3) is 6.09. The van der Waals surface area contributed by atoms with Gasteiger partial charge in [-0.25, -0.2) is 18.4 Å². The molecule has 10 heteroatoms. The fourth-order valence-corrected chi connectivity index (χ4v) is 4.55. The van der Waals surface area contributed by atoms with E-state index in [0.717, 1.165) is 19.4 Å². The summed E-state index contributed by atoms with van der Waals surface area (Å²) >= 11 is 0. The molecule has 3 aromatic rings. The fraction of sp³-hybridized carbons (Fsp3) is 0.292. The van der Waals surface area contributed by atoms with Crippen LogP contribution in [0.15, 0.2) is 59.5 Å². The van der Waals surface area contributed by atoms with Gasteiger partial charge in [0, 0.05) is 29.6 Å². The Morgan fingerprint density at radius 1 is 1.09 bits per heavy atom. The van der Waals surface area contributed by atoms with Gasteiger partial charge in [-0.05, 0) is 75.2 Å². The zero-order valence-electron chi connectivity index (χ0n) is 18.9. The molecule has 0 aliphatic carbocycles. The van der Waals surface area contributed by atoms with E-state index in [4.69, 9.17) is 9.47 Å². The lowest BCUT2D eigenvalue weighted by molar-refractivity contribution is 0.0679. The lowest BCUT2D eigenvalue weighted by atomic mass is 10.2. The normalized spacial score (nSPS) is 15.6. The van der Waals surface area contributed by atoms with Gasteiger partial charge in [0.2, 0.25) is 0 Å². The van der Waals surface area contributed by atoms with E-state index in [1.54, 1.807) is 44.2 Å². The highest BCUT2D eigenvalue weighted by Gasteiger charge is 2.17. The first kappa shape index (κ1) is 23.7. The van der Waals surface area contributed by atoms with Crippen molar-refractivity contribution in [3.63, 3.8) is 0 Å². The van der Waals surface area contributed by atoms with E-state index < -0.39 is 10.0 Å². The SMILES string of the molecule is Cc1cc(NS(=O)(=O)c2ccc(NC(=O)c3ccc(OCC4CCCO4)cc3)cc2)nc(C)n1. The predicted molar refractivity (Wildman–Crippen MR) is 128 cm³/mol. The van der Waals surface area contributed by atoms with Gasteiger partial charge in [0.1, 0.15) is 24.0 Å². The summed E-state index contributed by atoms with van der Waals surface area (Å²) in [6, 6.07) is 14.3. The maximum absolute atomic E-state index is 12.7. The number of benzene rings is 2. The van der Waals surface area contributed by atoms with Crippen LogP contribution in [0.2, 0.25) is 0 Å². The van der Waals surface area contributed by atoms with E-state index in [0.29, 0.717) is 35.1 Å². The van der Waals surface area contributed by atoms with Crippen LogP contribution in [0.4, 0.5) is 11.5 Å². The monoisotopic (exact) mass is 482 g/mol. The number of sulfonamides is 1. The van der Waals surface area contributed by atoms with E-state index in [1.165, 1.54) is 24.3 Å². The molecule has 2 heterocycles. The quantitative estimate of drug-likeness (QED) is 0.502. The number of aryl methyl sites for hydroxylation is 2. The van der Waals surface area contributed by atoms with Gasteiger partial charge in [-0.1, -0.05) is 0 Å². The van der Waals surface area contributed by atoms with Gasteiger partial charge in [-0.15, -0.1) is 0 Å². The number of nitrogens with zero attached hydrogens (tertiary/aromatic N) is 2. The third-order valence-corrected chi connectivity index (χ3v) is 6.57. The number of ether oxygens (including phenoxy) is 2. The number of anilines is 2. The molecule has 0 radical (unpaired) electrons. The third-order valence-electron chi connectivity index (χ3n) is 5.20. The molecule has 4 rings (SSSR count). The minimum atomic E-state index is -3.84. The van der Waals surface area contributed by atoms with E-state index in [2.05, 4.69) is 20.0 Å². The Kier molecular flexibility index (Phi) is 7.09. The topological polar surface area (TPSA) is 120 Å². The Hall–Kier alpha value is -3.50. The second kappa shape index (κ2) is 10.2. The van der Waals surface area contributed by atoms with E-state index >= 15 is 0 Å². The first-order valence-corrected chi connectivity index (χ1v) is 12.4. The highest BCUT2D eigenvalue weighted by Crippen LogP contribution is 2.20. The molecular formula is C24H26N4O5S. The fourth-order valence-electron chi connectivity index (χ4n) is 3.55. The van der Waals surface area contributed by atoms with Crippen LogP contribution in [0.1, 0.15) is 34.7 Å². The number of carbonyl (C=O) groups is 1. The number of nitrogens with one attached hydrogen (secondary N) is 2. The molecule has 1 aliphatic rings. The molecule has 0 bridgehead atoms. The lowest BCUT2D eigenvalue weighted by Crippen LogP contribution is -2.16. The molecule has 34 heavy (non-hydrogen) atoms. The molecule has 178 valence electrons. The van der Waals surface area contributed by atoms with Crippen molar-refractivity contribution in [2.24, 2.45) is 0 Å². The van der Waals surface area contributed by atoms with Crippen molar-refractivity contribution in [2.45, 2.75) is 37.7 Å². The average molecular weight is 483 g/mol. The smallest absolute Gasteiger partial charge is 0.263 e. The minimum Gasteiger partial charge on any atom is -0.491 e. The summed E-state index contributed by atoms with van der Waals surface area (Å²) in [5, 5.41) is 2.76. The van der Waals surface area contributed by atoms with E-state index in [9.17, 15) is 13.2 Å². The number of rotatable bonds is 8. The summed E-state index contributed by atoms with van der Waals surface area (Å²) in [6.45, 7) is 4.72. The summed E-state index contributed by atoms with van der Waals surface area (Å²) < 4.78 is 39.0. The maximum atomic E-state index is 12.7. The molecule has 0 spiro atoms. The Bertz CT molecular complexity index is 1240. The zero-order valence-corrected chi connectivity index (χ0v) is 19.8. The summed E-state index contributed by atoms with van der Waals surface area (Å²) in [5.74, 6) is 1.03. The van der Waals surface area contributed by atoms with Gasteiger partial charge in [0.25, 0.3) is 15.9 Å². The Morgan fingerprint density at radius 3 is 2.47 bits per heavy atom. The van der Waals surface area contributed by atoms with Crippen LogP contribution in [0, 0.1) is 13.8 Å². The number of aromatic nitrogens is 2. The maximum Gasteiger partial charge on any atom is 0.263 e. The van der Waals surface area contributed by atoms with Crippen LogP contribution in [-0.4, -0.2) is 43.6 Å². The molecule has 1 unspecified atom stereocenters. The summed E-state index contributed by atoms with van der Waals surface area (Å²) in [4.78, 5) is 20.8. The van der Waals surface area contributed by atoms with Gasteiger partial charge >= 0.3 is 0 Å². The molecule has 2 aromatic carbocycles. The Labute approximate surface area is 198 Å². The molecule has 9 nitrogen and oxygen atoms in total. The van der Waals surface area contributed by atoms with Crippen molar-refractivity contribution in [3.8, 4) is 5.75 Å². The number of hydrogen-bond donors (Lipinski definition) is 2. The second-order valence-electron chi connectivity index (χ2n) is 8.00. The molecule has 1 saturated heterocycles. The summed E-state index contributed by atoms with van der Waals surface area (Å²) in [7, 11) is -3.84. The molecule has 2 N–H and O–H groups in total. The van der Waals surface area contributed by atoms with Crippen LogP contribution in [0.25, 0.3) is 0 Å². The number of amides is 1. The minimum absolute atomic E-state index is 0.0483. The van der Waals surface area contributed by atoms with Crippen LogP contribution >= 0.6 is 0 Å². The molecule has 1 aromatic heterocycles. The molecule has 0 saturated carbocycles. The van der Waals surface area contributed by atoms with Crippen molar-refractivity contribution in [2.75, 3.05) is 23.3 Å². The van der Waals surface area contributed by atoms with Gasteiger partial charge in [0.15, 0.2) is 0 Å². The van der Waals surface area contributed by atoms with Gasteiger partial charge in [-0.2, -0.15) is 0 Å². The largest absolute Gasteiger partial charge is 0.491 e. The first-order valence-electron chi connectivity index (χ1n) is 10.9. The molecule has 1 fully saturated rings. The second-order valence-corrected chi connectivity index (χ2v) is 9.68. The first-order chi connectivity index (χ1) is 16.3. The summed E-state index contributed by atoms with van der Waals surface area (Å²) in [6.07, 6.45) is 2.17. The molecular weight excluding hydrogens is 456 g/mol. The zero-order chi connectivity index (χ0) is 24.1. The van der Waals surface area contributed by atoms with Gasteiger partial charge < -0.3 is 14.8 Å².